The lowest BCUT2D eigenvalue weighted by Gasteiger charge is -2.50. The van der Waals surface area contributed by atoms with Gasteiger partial charge in [-0.15, -0.1) is 11.6 Å². The van der Waals surface area contributed by atoms with E-state index in [4.69, 9.17) is 16.3 Å². The second-order valence-electron chi connectivity index (χ2n) is 8.47. The molecule has 5 nitrogen and oxygen atoms in total. The number of halogens is 1. The molecule has 1 aliphatic heterocycles. The maximum Gasteiger partial charge on any atom is 0.308 e. The molecular formula is C26H18ClNO4. The monoisotopic (exact) mass is 443 g/mol. The molecule has 1 fully saturated rings. The second-order valence-corrected chi connectivity index (χ2v) is 9.06. The molecule has 158 valence electrons. The van der Waals surface area contributed by atoms with Gasteiger partial charge in [-0.3, -0.25) is 14.4 Å². The van der Waals surface area contributed by atoms with Gasteiger partial charge < -0.3 is 4.74 Å². The van der Waals surface area contributed by atoms with Crippen molar-refractivity contribution in [2.75, 3.05) is 4.90 Å². The Morgan fingerprint density at radius 3 is 2.00 bits per heavy atom. The Morgan fingerprint density at radius 2 is 1.44 bits per heavy atom. The fraction of sp³-hybridized carbons (Fsp3) is 0.192. The molecule has 2 atom stereocenters. The first-order chi connectivity index (χ1) is 15.4. The smallest absolute Gasteiger partial charge is 0.308 e. The summed E-state index contributed by atoms with van der Waals surface area (Å²) in [6.45, 7) is 1.32. The fourth-order valence-corrected chi connectivity index (χ4v) is 6.34. The average Bonchev–Trinajstić information content (AvgIpc) is 3.06. The van der Waals surface area contributed by atoms with E-state index in [0.29, 0.717) is 11.4 Å². The Morgan fingerprint density at radius 1 is 0.875 bits per heavy atom. The number of anilines is 1. The molecule has 0 spiro atoms. The number of esters is 1. The van der Waals surface area contributed by atoms with Crippen molar-refractivity contribution in [1.82, 2.24) is 0 Å². The highest BCUT2D eigenvalue weighted by Crippen LogP contribution is 2.65. The van der Waals surface area contributed by atoms with Crippen LogP contribution in [-0.4, -0.2) is 17.8 Å². The number of benzene rings is 3. The van der Waals surface area contributed by atoms with Gasteiger partial charge in [0.15, 0.2) is 0 Å². The van der Waals surface area contributed by atoms with Gasteiger partial charge in [0, 0.05) is 12.8 Å². The summed E-state index contributed by atoms with van der Waals surface area (Å²) in [5.74, 6) is -2.13. The third-order valence-corrected chi connectivity index (χ3v) is 7.51. The maximum atomic E-state index is 13.8. The summed E-state index contributed by atoms with van der Waals surface area (Å²) in [5, 5.41) is 0. The van der Waals surface area contributed by atoms with Crippen LogP contribution in [0.5, 0.6) is 5.75 Å². The molecule has 1 heterocycles. The Labute approximate surface area is 189 Å². The molecule has 3 aliphatic carbocycles. The predicted molar refractivity (Wildman–Crippen MR) is 119 cm³/mol. The Balaban J connectivity index is 1.50. The van der Waals surface area contributed by atoms with E-state index in [9.17, 15) is 14.4 Å². The molecule has 1 saturated heterocycles. The molecule has 0 N–H and O–H groups in total. The van der Waals surface area contributed by atoms with Crippen LogP contribution in [0.4, 0.5) is 5.69 Å². The molecule has 0 saturated carbocycles. The van der Waals surface area contributed by atoms with Crippen molar-refractivity contribution in [1.29, 1.82) is 0 Å². The quantitative estimate of drug-likeness (QED) is 0.255. The number of imide groups is 1. The first kappa shape index (κ1) is 19.3. The van der Waals surface area contributed by atoms with E-state index in [1.165, 1.54) is 11.8 Å². The SMILES string of the molecule is CC(=O)Oc1ccc(N2C(=O)[C@@H]3C4c5ccccc5C(Cl)(c5ccccc54)[C@@H]3C2=O)cc1. The largest absolute Gasteiger partial charge is 0.427 e. The summed E-state index contributed by atoms with van der Waals surface area (Å²) in [7, 11) is 0. The molecule has 3 aromatic rings. The van der Waals surface area contributed by atoms with E-state index in [0.717, 1.165) is 22.3 Å². The summed E-state index contributed by atoms with van der Waals surface area (Å²) in [6, 6.07) is 22.1. The molecule has 2 bridgehead atoms. The topological polar surface area (TPSA) is 63.7 Å². The first-order valence-corrected chi connectivity index (χ1v) is 10.8. The molecule has 3 aromatic carbocycles. The summed E-state index contributed by atoms with van der Waals surface area (Å²) in [4.78, 5) is 38.8. The molecule has 6 heteroatoms. The zero-order chi connectivity index (χ0) is 22.2. The third-order valence-electron chi connectivity index (χ3n) is 6.87. The molecule has 32 heavy (non-hydrogen) atoms. The number of carbonyl (C=O) groups is 3. The van der Waals surface area contributed by atoms with Gasteiger partial charge in [0.1, 0.15) is 10.6 Å². The average molecular weight is 444 g/mol. The molecule has 0 unspecified atom stereocenters. The lowest BCUT2D eigenvalue weighted by Crippen LogP contribution is -2.50. The Hall–Kier alpha value is -3.44. The fourth-order valence-electron chi connectivity index (χ4n) is 5.76. The standard InChI is InChI=1S/C26H18ClNO4/c1-14(29)32-16-12-10-15(11-13-16)28-24(30)22-21-17-6-2-4-8-19(17)26(27,23(22)25(28)31)20-9-5-3-7-18(20)21/h2-13,21-23H,1H3/t21?,22-,23+,26?/m1/s1. The van der Waals surface area contributed by atoms with Gasteiger partial charge in [0.05, 0.1) is 17.5 Å². The van der Waals surface area contributed by atoms with Gasteiger partial charge in [-0.1, -0.05) is 48.5 Å². The van der Waals surface area contributed by atoms with Crippen molar-refractivity contribution in [2.24, 2.45) is 11.8 Å². The van der Waals surface area contributed by atoms with Crippen LogP contribution in [0.15, 0.2) is 72.8 Å². The number of hydrogen-bond acceptors (Lipinski definition) is 4. The summed E-state index contributed by atoms with van der Waals surface area (Å²) in [5.41, 5.74) is 4.27. The number of rotatable bonds is 2. The lowest BCUT2D eigenvalue weighted by atomic mass is 9.54. The third kappa shape index (κ3) is 2.32. The zero-order valence-corrected chi connectivity index (χ0v) is 17.9. The first-order valence-electron chi connectivity index (χ1n) is 10.5. The maximum absolute atomic E-state index is 13.8. The van der Waals surface area contributed by atoms with Crippen molar-refractivity contribution in [3.8, 4) is 5.75 Å². The number of hydrogen-bond donors (Lipinski definition) is 0. The van der Waals surface area contributed by atoms with Crippen LogP contribution in [0.3, 0.4) is 0 Å². The number of amides is 2. The van der Waals surface area contributed by atoms with Gasteiger partial charge in [-0.2, -0.15) is 0 Å². The minimum atomic E-state index is -1.11. The van der Waals surface area contributed by atoms with Gasteiger partial charge in [0.2, 0.25) is 11.8 Å². The summed E-state index contributed by atoms with van der Waals surface area (Å²) >= 11 is 7.40. The minimum absolute atomic E-state index is 0.227. The van der Waals surface area contributed by atoms with Gasteiger partial charge >= 0.3 is 5.97 Å². The van der Waals surface area contributed by atoms with Crippen LogP contribution in [0.2, 0.25) is 0 Å². The van der Waals surface area contributed by atoms with Gasteiger partial charge in [-0.05, 0) is 46.5 Å². The van der Waals surface area contributed by atoms with Crippen LogP contribution in [0.25, 0.3) is 0 Å². The van der Waals surface area contributed by atoms with Crippen LogP contribution in [0, 0.1) is 11.8 Å². The highest BCUT2D eigenvalue weighted by molar-refractivity contribution is 6.33. The lowest BCUT2D eigenvalue weighted by molar-refractivity contribution is -0.132. The van der Waals surface area contributed by atoms with Crippen molar-refractivity contribution in [2.45, 2.75) is 17.7 Å². The minimum Gasteiger partial charge on any atom is -0.427 e. The number of alkyl halides is 1. The van der Waals surface area contributed by atoms with E-state index >= 15 is 0 Å². The zero-order valence-electron chi connectivity index (χ0n) is 17.1. The van der Waals surface area contributed by atoms with Crippen molar-refractivity contribution in [3.63, 3.8) is 0 Å². The Bertz CT molecular complexity index is 1270. The van der Waals surface area contributed by atoms with Crippen molar-refractivity contribution in [3.05, 3.63) is 95.1 Å². The molecule has 0 radical (unpaired) electrons. The van der Waals surface area contributed by atoms with Gasteiger partial charge in [0.25, 0.3) is 0 Å². The van der Waals surface area contributed by atoms with Crippen molar-refractivity contribution >= 4 is 35.1 Å². The highest BCUT2D eigenvalue weighted by Gasteiger charge is 2.67. The number of carbonyl (C=O) groups excluding carboxylic acids is 3. The normalized spacial score (nSPS) is 27.1. The molecular weight excluding hydrogens is 426 g/mol. The second kappa shape index (κ2) is 6.53. The van der Waals surface area contributed by atoms with E-state index in [1.807, 2.05) is 48.5 Å². The molecule has 2 amide bonds. The predicted octanol–water partition coefficient (Wildman–Crippen LogP) is 4.36. The summed E-state index contributed by atoms with van der Waals surface area (Å²) in [6.07, 6.45) is 0. The summed E-state index contributed by atoms with van der Waals surface area (Å²) < 4.78 is 5.08. The molecule has 7 rings (SSSR count). The van der Waals surface area contributed by atoms with Crippen LogP contribution < -0.4 is 9.64 Å². The van der Waals surface area contributed by atoms with E-state index in [-0.39, 0.29) is 17.7 Å². The molecule has 4 aliphatic rings. The van der Waals surface area contributed by atoms with Crippen LogP contribution >= 0.6 is 11.6 Å². The van der Waals surface area contributed by atoms with Crippen molar-refractivity contribution < 1.29 is 19.1 Å². The number of ether oxygens (including phenoxy) is 1. The van der Waals surface area contributed by atoms with E-state index < -0.39 is 22.7 Å². The molecule has 0 aromatic heterocycles. The van der Waals surface area contributed by atoms with E-state index in [1.54, 1.807) is 24.3 Å². The van der Waals surface area contributed by atoms with Crippen LogP contribution in [-0.2, 0) is 19.3 Å². The highest BCUT2D eigenvalue weighted by atomic mass is 35.5. The van der Waals surface area contributed by atoms with E-state index in [2.05, 4.69) is 0 Å². The van der Waals surface area contributed by atoms with Crippen LogP contribution in [0.1, 0.15) is 35.1 Å². The number of nitrogens with zero attached hydrogens (tertiary/aromatic N) is 1. The Kier molecular flexibility index (Phi) is 3.93. The van der Waals surface area contributed by atoms with Gasteiger partial charge in [-0.25, -0.2) is 4.90 Å².